The molecule has 2 aliphatic rings. The second-order valence-electron chi connectivity index (χ2n) is 4.99. The van der Waals surface area contributed by atoms with Crippen molar-refractivity contribution in [1.29, 1.82) is 0 Å². The Bertz CT molecular complexity index is 646. The molecular weight excluding hydrogens is 453 g/mol. The van der Waals surface area contributed by atoms with Crippen LogP contribution in [0.15, 0.2) is 30.2 Å². The Morgan fingerprint density at radius 3 is 1.67 bits per heavy atom. The van der Waals surface area contributed by atoms with Crippen LogP contribution in [0.1, 0.15) is 39.5 Å². The monoisotopic (exact) mass is 470 g/mol. The molecule has 0 spiro atoms. The lowest BCUT2D eigenvalue weighted by Gasteiger charge is -2.03. The molecule has 0 aliphatic carbocycles. The van der Waals surface area contributed by atoms with Crippen LogP contribution in [-0.4, -0.2) is 11.5 Å². The Morgan fingerprint density at radius 1 is 0.750 bits per heavy atom. The van der Waals surface area contributed by atoms with Gasteiger partial charge in [-0.2, -0.15) is 0 Å². The second-order valence-corrected chi connectivity index (χ2v) is 15.1. The van der Waals surface area contributed by atoms with Crippen molar-refractivity contribution in [2.24, 2.45) is 0 Å². The molecule has 9 heteroatoms. The third-order valence-electron chi connectivity index (χ3n) is 3.06. The van der Waals surface area contributed by atoms with Gasteiger partial charge in [0.1, 0.15) is 0 Å². The smallest absolute Gasteiger partial charge is 0.265 e. The summed E-state index contributed by atoms with van der Waals surface area (Å²) in [5.74, 6) is 2.43. The van der Waals surface area contributed by atoms with Crippen molar-refractivity contribution >= 4 is 93.2 Å². The van der Waals surface area contributed by atoms with E-state index in [2.05, 4.69) is 13.8 Å². The van der Waals surface area contributed by atoms with E-state index in [0.29, 0.717) is 0 Å². The molecule has 0 unspecified atom stereocenters. The number of thioether (sulfide) groups is 6. The lowest BCUT2D eigenvalue weighted by molar-refractivity contribution is 0.897. The van der Waals surface area contributed by atoms with Gasteiger partial charge in [-0.25, -0.2) is 0 Å². The van der Waals surface area contributed by atoms with Crippen molar-refractivity contribution in [2.45, 2.75) is 47.9 Å². The van der Waals surface area contributed by atoms with E-state index >= 15 is 0 Å². The molecule has 1 aromatic heterocycles. The van der Waals surface area contributed by atoms with E-state index in [1.54, 1.807) is 23.5 Å². The van der Waals surface area contributed by atoms with E-state index in [0.717, 1.165) is 0 Å². The van der Waals surface area contributed by atoms with Gasteiger partial charge in [-0.15, -0.1) is 23.5 Å². The first-order valence-corrected chi connectivity index (χ1v) is 14.7. The van der Waals surface area contributed by atoms with Crippen molar-refractivity contribution in [2.75, 3.05) is 11.5 Å². The quantitative estimate of drug-likeness (QED) is 0.352. The van der Waals surface area contributed by atoms with E-state index in [1.165, 1.54) is 85.2 Å². The fourth-order valence-electron chi connectivity index (χ4n) is 1.80. The van der Waals surface area contributed by atoms with Crippen molar-refractivity contribution in [1.82, 2.24) is 0 Å². The molecule has 0 amide bonds. The lowest BCUT2D eigenvalue weighted by atomic mass is 10.4. The van der Waals surface area contributed by atoms with Crippen molar-refractivity contribution in [3.63, 3.8) is 0 Å². The highest BCUT2D eigenvalue weighted by molar-refractivity contribution is 8.42. The standard InChI is InChI=1S/C15H18OS8/c1-3-5-7-17-9-10(18-8-6-4-2)20-11(19-9)12-21-13-14(22-12)24-15(16)23-13/h3-8H2,1-2H3. The van der Waals surface area contributed by atoms with Crippen LogP contribution in [0.4, 0.5) is 0 Å². The maximum absolute atomic E-state index is 11.5. The number of unbranched alkanes of at least 4 members (excludes halogenated alkanes) is 2. The van der Waals surface area contributed by atoms with Crippen LogP contribution in [0.2, 0.25) is 0 Å². The van der Waals surface area contributed by atoms with Gasteiger partial charge in [-0.1, -0.05) is 96.4 Å². The summed E-state index contributed by atoms with van der Waals surface area (Å²) in [5, 5.41) is 0. The summed E-state index contributed by atoms with van der Waals surface area (Å²) in [6.45, 7) is 4.51. The fourth-order valence-corrected chi connectivity index (χ4v) is 14.0. The second kappa shape index (κ2) is 10.1. The molecule has 1 nitrogen and oxygen atoms in total. The molecular formula is C15H18OS8. The molecule has 0 N–H and O–H groups in total. The molecule has 0 saturated carbocycles. The highest BCUT2D eigenvalue weighted by Gasteiger charge is 2.30. The van der Waals surface area contributed by atoms with Crippen molar-refractivity contribution in [3.05, 3.63) is 25.8 Å². The Morgan fingerprint density at radius 2 is 1.21 bits per heavy atom. The van der Waals surface area contributed by atoms with Gasteiger partial charge >= 0.3 is 0 Å². The van der Waals surface area contributed by atoms with E-state index in [-0.39, 0.29) is 4.06 Å². The van der Waals surface area contributed by atoms with Crippen LogP contribution >= 0.6 is 93.2 Å². The van der Waals surface area contributed by atoms with E-state index < -0.39 is 0 Å². The molecule has 0 atom stereocenters. The minimum atomic E-state index is 0.223. The van der Waals surface area contributed by atoms with Gasteiger partial charge < -0.3 is 0 Å². The minimum absolute atomic E-state index is 0.223. The maximum atomic E-state index is 11.5. The minimum Gasteiger partial charge on any atom is -0.265 e. The summed E-state index contributed by atoms with van der Waals surface area (Å²) < 4.78 is 8.43. The summed E-state index contributed by atoms with van der Waals surface area (Å²) in [6, 6.07) is 0. The first-order chi connectivity index (χ1) is 11.7. The van der Waals surface area contributed by atoms with Crippen LogP contribution in [0.3, 0.4) is 0 Å². The van der Waals surface area contributed by atoms with E-state index in [1.807, 2.05) is 47.0 Å². The Hall–Kier alpha value is 1.43. The Balaban J connectivity index is 1.68. The largest absolute Gasteiger partial charge is 0.289 e. The molecule has 0 aromatic carbocycles. The van der Waals surface area contributed by atoms with Gasteiger partial charge in [0.15, 0.2) is 0 Å². The summed E-state index contributed by atoms with van der Waals surface area (Å²) in [4.78, 5) is 11.5. The summed E-state index contributed by atoms with van der Waals surface area (Å²) in [6.07, 6.45) is 5.09. The maximum Gasteiger partial charge on any atom is 0.289 e. The number of rotatable bonds is 8. The van der Waals surface area contributed by atoms with Gasteiger partial charge in [0.25, 0.3) is 4.06 Å². The highest BCUT2D eigenvalue weighted by atomic mass is 32.3. The molecule has 0 fully saturated rings. The van der Waals surface area contributed by atoms with Crippen LogP contribution in [0.25, 0.3) is 0 Å². The molecule has 1 aromatic rings. The third-order valence-corrected chi connectivity index (χ3v) is 14.5. The van der Waals surface area contributed by atoms with E-state index in [4.69, 9.17) is 0 Å². The number of hydrogen-bond donors (Lipinski definition) is 0. The van der Waals surface area contributed by atoms with Crippen LogP contribution in [-0.2, 0) is 0 Å². The SMILES string of the molecule is CCCCSC1=C(SCCCC)SC(=C2Sc3sc(=O)sc3S2)S1. The molecule has 0 radical (unpaired) electrons. The number of fused-ring (bicyclic) bond motifs is 1. The molecule has 132 valence electrons. The molecule has 24 heavy (non-hydrogen) atoms. The average Bonchev–Trinajstić information content (AvgIpc) is 3.21. The van der Waals surface area contributed by atoms with E-state index in [9.17, 15) is 4.79 Å². The summed E-state index contributed by atoms with van der Waals surface area (Å²) in [7, 11) is 0. The van der Waals surface area contributed by atoms with Crippen LogP contribution in [0, 0.1) is 0 Å². The van der Waals surface area contributed by atoms with Crippen LogP contribution < -0.4 is 4.06 Å². The van der Waals surface area contributed by atoms with Gasteiger partial charge in [0.2, 0.25) is 0 Å². The lowest BCUT2D eigenvalue weighted by Crippen LogP contribution is -1.80. The third kappa shape index (κ3) is 5.24. The average molecular weight is 471 g/mol. The zero-order chi connectivity index (χ0) is 16.9. The van der Waals surface area contributed by atoms with Gasteiger partial charge in [0, 0.05) is 0 Å². The first-order valence-electron chi connectivity index (χ1n) is 7.80. The van der Waals surface area contributed by atoms with Gasteiger partial charge in [-0.05, 0) is 24.3 Å². The number of hydrogen-bond acceptors (Lipinski definition) is 9. The molecule has 3 heterocycles. The normalized spacial score (nSPS) is 17.2. The predicted molar refractivity (Wildman–Crippen MR) is 124 cm³/mol. The summed E-state index contributed by atoms with van der Waals surface area (Å²) >= 11 is 14.4. The molecule has 2 aliphatic heterocycles. The van der Waals surface area contributed by atoms with Gasteiger partial charge in [-0.3, -0.25) is 4.79 Å². The zero-order valence-electron chi connectivity index (χ0n) is 13.4. The zero-order valence-corrected chi connectivity index (χ0v) is 19.9. The summed E-state index contributed by atoms with van der Waals surface area (Å²) in [5.41, 5.74) is 0. The molecule has 0 saturated heterocycles. The Labute approximate surface area is 177 Å². The molecule has 0 bridgehead atoms. The Kier molecular flexibility index (Phi) is 8.49. The first kappa shape index (κ1) is 20.2. The van der Waals surface area contributed by atoms with Crippen LogP contribution in [0.5, 0.6) is 0 Å². The van der Waals surface area contributed by atoms with Crippen molar-refractivity contribution < 1.29 is 0 Å². The highest BCUT2D eigenvalue weighted by Crippen LogP contribution is 2.65. The fraction of sp³-hybridized carbons (Fsp3) is 0.533. The van der Waals surface area contributed by atoms with Gasteiger partial charge in [0.05, 0.1) is 25.4 Å². The predicted octanol–water partition coefficient (Wildman–Crippen LogP) is 8.17. The molecule has 3 rings (SSSR count). The van der Waals surface area contributed by atoms with Crippen molar-refractivity contribution in [3.8, 4) is 0 Å². The topological polar surface area (TPSA) is 17.1 Å².